The molecule has 1 aliphatic rings. The van der Waals surface area contributed by atoms with Gasteiger partial charge >= 0.3 is 0 Å². The quantitative estimate of drug-likeness (QED) is 0.888. The van der Waals surface area contributed by atoms with E-state index in [9.17, 15) is 9.59 Å². The zero-order valence-electron chi connectivity index (χ0n) is 13.8. The normalized spacial score (nSPS) is 16.2. The second-order valence-corrected chi connectivity index (χ2v) is 6.29. The van der Waals surface area contributed by atoms with Crippen molar-refractivity contribution in [3.05, 3.63) is 65.2 Å². The Morgan fingerprint density at radius 1 is 1.17 bits per heavy atom. The zero-order valence-corrected chi connectivity index (χ0v) is 13.8. The van der Waals surface area contributed by atoms with Crippen LogP contribution in [0.1, 0.15) is 29.5 Å². The topological polar surface area (TPSA) is 58.2 Å². The molecular formula is C20H22N2O2. The highest BCUT2D eigenvalue weighted by Crippen LogP contribution is 2.27. The Labute approximate surface area is 142 Å². The summed E-state index contributed by atoms with van der Waals surface area (Å²) < 4.78 is 0. The molecule has 1 atom stereocenters. The molecule has 2 amide bonds. The van der Waals surface area contributed by atoms with E-state index in [1.165, 1.54) is 5.56 Å². The monoisotopic (exact) mass is 322 g/mol. The van der Waals surface area contributed by atoms with Crippen LogP contribution in [0.25, 0.3) is 0 Å². The van der Waals surface area contributed by atoms with E-state index in [0.717, 1.165) is 16.8 Å². The molecule has 3 rings (SSSR count). The maximum atomic E-state index is 12.2. The zero-order chi connectivity index (χ0) is 16.9. The minimum absolute atomic E-state index is 0.00934. The average molecular weight is 322 g/mol. The number of anilines is 1. The first-order valence-corrected chi connectivity index (χ1v) is 8.33. The summed E-state index contributed by atoms with van der Waals surface area (Å²) in [5.74, 6) is -0.130. The lowest BCUT2D eigenvalue weighted by Gasteiger charge is -2.24. The number of carbonyl (C=O) groups excluding carboxylic acids is 2. The lowest BCUT2D eigenvalue weighted by atomic mass is 9.89. The van der Waals surface area contributed by atoms with E-state index in [1.807, 2.05) is 55.5 Å². The van der Waals surface area contributed by atoms with Gasteiger partial charge in [0.2, 0.25) is 11.8 Å². The predicted molar refractivity (Wildman–Crippen MR) is 94.5 cm³/mol. The van der Waals surface area contributed by atoms with E-state index in [-0.39, 0.29) is 17.7 Å². The van der Waals surface area contributed by atoms with Crippen LogP contribution in [-0.2, 0) is 22.6 Å². The van der Waals surface area contributed by atoms with Crippen LogP contribution >= 0.6 is 0 Å². The number of para-hydroxylation sites is 1. The van der Waals surface area contributed by atoms with Gasteiger partial charge < -0.3 is 10.6 Å². The smallest absolute Gasteiger partial charge is 0.227 e. The summed E-state index contributed by atoms with van der Waals surface area (Å²) in [4.78, 5) is 24.2. The minimum Gasteiger partial charge on any atom is -0.352 e. The number of fused-ring (bicyclic) bond motifs is 1. The Morgan fingerprint density at radius 2 is 1.92 bits per heavy atom. The molecule has 4 nitrogen and oxygen atoms in total. The van der Waals surface area contributed by atoms with Crippen molar-refractivity contribution >= 4 is 17.5 Å². The van der Waals surface area contributed by atoms with Crippen LogP contribution in [0.2, 0.25) is 0 Å². The Balaban J connectivity index is 1.50. The molecule has 1 aliphatic heterocycles. The fourth-order valence-corrected chi connectivity index (χ4v) is 3.04. The molecule has 1 unspecified atom stereocenters. The fourth-order valence-electron chi connectivity index (χ4n) is 3.04. The van der Waals surface area contributed by atoms with Crippen LogP contribution in [0.4, 0.5) is 5.69 Å². The Hall–Kier alpha value is -2.62. The van der Waals surface area contributed by atoms with Gasteiger partial charge in [0.15, 0.2) is 0 Å². The van der Waals surface area contributed by atoms with Crippen molar-refractivity contribution in [2.75, 3.05) is 5.32 Å². The van der Waals surface area contributed by atoms with Gasteiger partial charge in [0.1, 0.15) is 0 Å². The van der Waals surface area contributed by atoms with Gasteiger partial charge in [-0.15, -0.1) is 0 Å². The van der Waals surface area contributed by atoms with Crippen LogP contribution in [0.3, 0.4) is 0 Å². The highest BCUT2D eigenvalue weighted by Gasteiger charge is 2.26. The molecule has 1 heterocycles. The standard InChI is InChI=1S/C20H22N2O2/c1-14-6-2-3-8-17(14)13-21-19(23)11-10-16-12-15-7-4-5-9-18(15)22-20(16)24/h2-9,16H,10-13H2,1H3,(H,21,23)(H,22,24). The van der Waals surface area contributed by atoms with E-state index >= 15 is 0 Å². The van der Waals surface area contributed by atoms with Gasteiger partial charge in [0, 0.05) is 24.6 Å². The SMILES string of the molecule is Cc1ccccc1CNC(=O)CCC1Cc2ccccc2NC1=O. The second kappa shape index (κ2) is 7.30. The van der Waals surface area contributed by atoms with Gasteiger partial charge in [-0.05, 0) is 42.5 Å². The number of hydrogen-bond donors (Lipinski definition) is 2. The van der Waals surface area contributed by atoms with Crippen molar-refractivity contribution in [3.63, 3.8) is 0 Å². The van der Waals surface area contributed by atoms with Gasteiger partial charge in [0.05, 0.1) is 0 Å². The molecule has 0 fully saturated rings. The van der Waals surface area contributed by atoms with Gasteiger partial charge in [-0.25, -0.2) is 0 Å². The van der Waals surface area contributed by atoms with Crippen molar-refractivity contribution in [3.8, 4) is 0 Å². The van der Waals surface area contributed by atoms with Gasteiger partial charge in [-0.1, -0.05) is 42.5 Å². The van der Waals surface area contributed by atoms with E-state index in [1.54, 1.807) is 0 Å². The highest BCUT2D eigenvalue weighted by molar-refractivity contribution is 5.96. The molecule has 0 bridgehead atoms. The van der Waals surface area contributed by atoms with Crippen molar-refractivity contribution in [1.82, 2.24) is 5.32 Å². The molecule has 2 N–H and O–H groups in total. The van der Waals surface area contributed by atoms with E-state index in [2.05, 4.69) is 10.6 Å². The first-order chi connectivity index (χ1) is 11.6. The number of benzene rings is 2. The number of amides is 2. The number of hydrogen-bond acceptors (Lipinski definition) is 2. The molecule has 24 heavy (non-hydrogen) atoms. The first kappa shape index (κ1) is 16.2. The first-order valence-electron chi connectivity index (χ1n) is 8.33. The lowest BCUT2D eigenvalue weighted by Crippen LogP contribution is -2.31. The fraction of sp³-hybridized carbons (Fsp3) is 0.300. The van der Waals surface area contributed by atoms with Gasteiger partial charge in [0.25, 0.3) is 0 Å². The molecule has 0 spiro atoms. The lowest BCUT2D eigenvalue weighted by molar-refractivity contribution is -0.122. The summed E-state index contributed by atoms with van der Waals surface area (Å²) in [6.45, 7) is 2.57. The van der Waals surface area contributed by atoms with Crippen LogP contribution in [0.15, 0.2) is 48.5 Å². The van der Waals surface area contributed by atoms with Crippen LogP contribution in [-0.4, -0.2) is 11.8 Å². The Bertz CT molecular complexity index is 755. The highest BCUT2D eigenvalue weighted by atomic mass is 16.2. The molecule has 0 saturated carbocycles. The molecule has 0 aromatic heterocycles. The molecular weight excluding hydrogens is 300 g/mol. The number of nitrogens with one attached hydrogen (secondary N) is 2. The molecule has 124 valence electrons. The minimum atomic E-state index is -0.135. The summed E-state index contributed by atoms with van der Waals surface area (Å²) in [6, 6.07) is 15.8. The Kier molecular flexibility index (Phi) is 4.94. The van der Waals surface area contributed by atoms with Gasteiger partial charge in [-0.2, -0.15) is 0 Å². The number of rotatable bonds is 5. The number of aryl methyl sites for hydroxylation is 1. The van der Waals surface area contributed by atoms with Crippen LogP contribution in [0.5, 0.6) is 0 Å². The maximum Gasteiger partial charge on any atom is 0.227 e. The molecule has 2 aromatic rings. The predicted octanol–water partition coefficient (Wildman–Crippen LogP) is 3.20. The third-order valence-electron chi connectivity index (χ3n) is 4.57. The molecule has 2 aromatic carbocycles. The second-order valence-electron chi connectivity index (χ2n) is 6.29. The third kappa shape index (κ3) is 3.82. The van der Waals surface area contributed by atoms with Crippen LogP contribution < -0.4 is 10.6 Å². The van der Waals surface area contributed by atoms with Crippen molar-refractivity contribution in [1.29, 1.82) is 0 Å². The molecule has 0 aliphatic carbocycles. The average Bonchev–Trinajstić information content (AvgIpc) is 2.59. The summed E-state index contributed by atoms with van der Waals surface area (Å²) in [6.07, 6.45) is 1.64. The van der Waals surface area contributed by atoms with E-state index < -0.39 is 0 Å². The van der Waals surface area contributed by atoms with Crippen molar-refractivity contribution < 1.29 is 9.59 Å². The molecule has 0 saturated heterocycles. The van der Waals surface area contributed by atoms with Crippen LogP contribution in [0, 0.1) is 12.8 Å². The van der Waals surface area contributed by atoms with Crippen molar-refractivity contribution in [2.45, 2.75) is 32.7 Å². The van der Waals surface area contributed by atoms with E-state index in [0.29, 0.717) is 25.8 Å². The summed E-state index contributed by atoms with van der Waals surface area (Å²) >= 11 is 0. The third-order valence-corrected chi connectivity index (χ3v) is 4.57. The van der Waals surface area contributed by atoms with Gasteiger partial charge in [-0.3, -0.25) is 9.59 Å². The van der Waals surface area contributed by atoms with E-state index in [4.69, 9.17) is 0 Å². The molecule has 4 heteroatoms. The largest absolute Gasteiger partial charge is 0.352 e. The van der Waals surface area contributed by atoms with Crippen molar-refractivity contribution in [2.24, 2.45) is 5.92 Å². The summed E-state index contributed by atoms with van der Waals surface area (Å²) in [5.41, 5.74) is 4.32. The summed E-state index contributed by atoms with van der Waals surface area (Å²) in [5, 5.41) is 5.87. The maximum absolute atomic E-state index is 12.2. The number of carbonyl (C=O) groups is 2. The molecule has 0 radical (unpaired) electrons. The Morgan fingerprint density at radius 3 is 2.75 bits per heavy atom. The summed E-state index contributed by atoms with van der Waals surface area (Å²) in [7, 11) is 0.